The van der Waals surface area contributed by atoms with E-state index >= 15 is 0 Å². The number of halogens is 3. The lowest BCUT2D eigenvalue weighted by atomic mass is 10.3. The van der Waals surface area contributed by atoms with Crippen molar-refractivity contribution in [2.75, 3.05) is 16.4 Å². The van der Waals surface area contributed by atoms with Gasteiger partial charge in [-0.25, -0.2) is 18.4 Å². The molecule has 1 aromatic rings. The summed E-state index contributed by atoms with van der Waals surface area (Å²) in [5, 5.41) is -0.0407. The highest BCUT2D eigenvalue weighted by Crippen LogP contribution is 2.26. The molecule has 1 atom stereocenters. The largest absolute Gasteiger partial charge is 0.266 e. The lowest BCUT2D eigenvalue weighted by molar-refractivity contribution is 0.588. The zero-order valence-electron chi connectivity index (χ0n) is 8.82. The van der Waals surface area contributed by atoms with Gasteiger partial charge in [0.25, 0.3) is 0 Å². The Hall–Kier alpha value is -0.300. The summed E-state index contributed by atoms with van der Waals surface area (Å²) in [6, 6.07) is 0. The fourth-order valence-electron chi connectivity index (χ4n) is 1.03. The zero-order valence-corrected chi connectivity index (χ0v) is 11.9. The van der Waals surface area contributed by atoms with Crippen LogP contribution in [0.2, 0.25) is 10.2 Å². The van der Waals surface area contributed by atoms with Gasteiger partial charge in [-0.05, 0) is 5.92 Å². The Morgan fingerprint density at radius 3 is 2.65 bits per heavy atom. The van der Waals surface area contributed by atoms with E-state index in [-0.39, 0.29) is 33.5 Å². The van der Waals surface area contributed by atoms with Crippen LogP contribution in [0, 0.1) is 5.92 Å². The molecule has 0 saturated carbocycles. The topological polar surface area (TPSA) is 72.0 Å². The van der Waals surface area contributed by atoms with Gasteiger partial charge >= 0.3 is 0 Å². The van der Waals surface area contributed by atoms with Crippen molar-refractivity contribution in [3.05, 3.63) is 16.5 Å². The Morgan fingerprint density at radius 2 is 2.06 bits per heavy atom. The Kier molecular flexibility index (Phi) is 5.24. The highest BCUT2D eigenvalue weighted by atomic mass is 35.5. The quantitative estimate of drug-likeness (QED) is 0.668. The molecular weight excluding hydrogens is 309 g/mol. The molecule has 0 aliphatic carbocycles. The van der Waals surface area contributed by atoms with Gasteiger partial charge in [-0.2, -0.15) is 0 Å². The molecule has 5 nitrogen and oxygen atoms in total. The average Bonchev–Trinajstić information content (AvgIpc) is 2.23. The molecule has 0 aliphatic heterocycles. The molecule has 9 heteroatoms. The van der Waals surface area contributed by atoms with Crippen LogP contribution in [-0.2, 0) is 10.0 Å². The van der Waals surface area contributed by atoms with E-state index in [1.807, 2.05) is 0 Å². The lowest BCUT2D eigenvalue weighted by Gasteiger charge is -2.11. The SMILES string of the molecule is CC(CCl)CS(=O)(=O)Nc1ncnc(Cl)c1Cl. The van der Waals surface area contributed by atoms with E-state index in [2.05, 4.69) is 14.7 Å². The van der Waals surface area contributed by atoms with Crippen LogP contribution >= 0.6 is 34.8 Å². The second-order valence-electron chi connectivity index (χ2n) is 3.47. The predicted octanol–water partition coefficient (Wildman–Crippen LogP) is 2.40. The second-order valence-corrected chi connectivity index (χ2v) is 6.28. The van der Waals surface area contributed by atoms with Gasteiger partial charge in [-0.3, -0.25) is 4.72 Å². The predicted molar refractivity (Wildman–Crippen MR) is 69.3 cm³/mol. The molecule has 96 valence electrons. The molecule has 1 N–H and O–H groups in total. The molecule has 1 aromatic heterocycles. The van der Waals surface area contributed by atoms with Crippen molar-refractivity contribution < 1.29 is 8.42 Å². The molecule has 1 rings (SSSR count). The van der Waals surface area contributed by atoms with Crippen LogP contribution in [0.1, 0.15) is 6.92 Å². The van der Waals surface area contributed by atoms with E-state index in [0.717, 1.165) is 6.33 Å². The summed E-state index contributed by atoms with van der Waals surface area (Å²) in [6.07, 6.45) is 1.12. The van der Waals surface area contributed by atoms with Crippen LogP contribution in [0.15, 0.2) is 6.33 Å². The summed E-state index contributed by atoms with van der Waals surface area (Å²) in [4.78, 5) is 7.32. The summed E-state index contributed by atoms with van der Waals surface area (Å²) >= 11 is 16.9. The first-order valence-corrected chi connectivity index (χ1v) is 7.52. The van der Waals surface area contributed by atoms with Crippen LogP contribution in [0.3, 0.4) is 0 Å². The molecule has 0 aromatic carbocycles. The van der Waals surface area contributed by atoms with Crippen LogP contribution < -0.4 is 4.72 Å². The number of hydrogen-bond donors (Lipinski definition) is 1. The Labute approximate surface area is 115 Å². The number of anilines is 1. The smallest absolute Gasteiger partial charge is 0.234 e. The minimum absolute atomic E-state index is 0.00948. The number of rotatable bonds is 5. The third-order valence-corrected chi connectivity index (χ3v) is 4.55. The third-order valence-electron chi connectivity index (χ3n) is 1.77. The van der Waals surface area contributed by atoms with Crippen LogP contribution in [-0.4, -0.2) is 30.0 Å². The van der Waals surface area contributed by atoms with Crippen molar-refractivity contribution in [2.45, 2.75) is 6.92 Å². The monoisotopic (exact) mass is 317 g/mol. The van der Waals surface area contributed by atoms with Gasteiger partial charge in [0.2, 0.25) is 10.0 Å². The first-order valence-electron chi connectivity index (χ1n) is 4.58. The van der Waals surface area contributed by atoms with Crippen LogP contribution in [0.5, 0.6) is 0 Å². The van der Waals surface area contributed by atoms with Gasteiger partial charge in [-0.1, -0.05) is 30.1 Å². The Balaban J connectivity index is 2.87. The van der Waals surface area contributed by atoms with E-state index in [1.54, 1.807) is 6.92 Å². The molecule has 0 amide bonds. The number of alkyl halides is 1. The first-order chi connectivity index (χ1) is 7.85. The highest BCUT2D eigenvalue weighted by molar-refractivity contribution is 7.92. The van der Waals surface area contributed by atoms with Gasteiger partial charge in [0.15, 0.2) is 11.0 Å². The van der Waals surface area contributed by atoms with Crippen LogP contribution in [0.25, 0.3) is 0 Å². The maximum Gasteiger partial charge on any atom is 0.234 e. The van der Waals surface area contributed by atoms with Crippen molar-refractivity contribution in [1.82, 2.24) is 9.97 Å². The van der Waals surface area contributed by atoms with Crippen molar-refractivity contribution in [3.63, 3.8) is 0 Å². The van der Waals surface area contributed by atoms with Crippen LogP contribution in [0.4, 0.5) is 5.82 Å². The normalized spacial score (nSPS) is 13.4. The molecule has 1 heterocycles. The summed E-state index contributed by atoms with van der Waals surface area (Å²) in [6.45, 7) is 1.72. The van der Waals surface area contributed by atoms with Crippen molar-refractivity contribution >= 4 is 50.6 Å². The first kappa shape index (κ1) is 14.8. The maximum absolute atomic E-state index is 11.7. The summed E-state index contributed by atoms with van der Waals surface area (Å²) in [5.74, 6) is -0.0770. The summed E-state index contributed by atoms with van der Waals surface area (Å²) in [7, 11) is -3.55. The summed E-state index contributed by atoms with van der Waals surface area (Å²) < 4.78 is 25.6. The van der Waals surface area contributed by atoms with Crippen molar-refractivity contribution in [2.24, 2.45) is 5.92 Å². The molecule has 0 fully saturated rings. The number of hydrogen-bond acceptors (Lipinski definition) is 4. The molecule has 0 saturated heterocycles. The Morgan fingerprint density at radius 1 is 1.41 bits per heavy atom. The van der Waals surface area contributed by atoms with E-state index in [0.29, 0.717) is 0 Å². The maximum atomic E-state index is 11.7. The molecule has 1 unspecified atom stereocenters. The van der Waals surface area contributed by atoms with E-state index in [4.69, 9.17) is 34.8 Å². The zero-order chi connectivity index (χ0) is 13.1. The third kappa shape index (κ3) is 4.46. The molecular formula is C8H10Cl3N3O2S. The Bertz CT molecular complexity index is 495. The minimum atomic E-state index is -3.55. The fourth-order valence-corrected chi connectivity index (χ4v) is 3.00. The number of aromatic nitrogens is 2. The standard InChI is InChI=1S/C8H10Cl3N3O2S/c1-5(2-9)3-17(15,16)14-8-6(10)7(11)12-4-13-8/h4-5H,2-3H2,1H3,(H,12,13,14). The number of nitrogens with one attached hydrogen (secondary N) is 1. The molecule has 17 heavy (non-hydrogen) atoms. The van der Waals surface area contributed by atoms with Gasteiger partial charge in [0.05, 0.1) is 5.75 Å². The van der Waals surface area contributed by atoms with Gasteiger partial charge in [0.1, 0.15) is 11.3 Å². The van der Waals surface area contributed by atoms with E-state index < -0.39 is 10.0 Å². The van der Waals surface area contributed by atoms with Crippen molar-refractivity contribution in [3.8, 4) is 0 Å². The average molecular weight is 319 g/mol. The molecule has 0 spiro atoms. The van der Waals surface area contributed by atoms with Gasteiger partial charge in [0, 0.05) is 5.88 Å². The number of sulfonamides is 1. The summed E-state index contributed by atoms with van der Waals surface area (Å²) in [5.41, 5.74) is 0. The second kappa shape index (κ2) is 6.04. The molecule has 0 aliphatic rings. The lowest BCUT2D eigenvalue weighted by Crippen LogP contribution is -2.22. The molecule has 0 bridgehead atoms. The minimum Gasteiger partial charge on any atom is -0.266 e. The van der Waals surface area contributed by atoms with Gasteiger partial charge in [-0.15, -0.1) is 11.6 Å². The highest BCUT2D eigenvalue weighted by Gasteiger charge is 2.18. The van der Waals surface area contributed by atoms with Crippen molar-refractivity contribution in [1.29, 1.82) is 0 Å². The van der Waals surface area contributed by atoms with E-state index in [9.17, 15) is 8.42 Å². The van der Waals surface area contributed by atoms with Gasteiger partial charge < -0.3 is 0 Å². The molecule has 0 radical (unpaired) electrons. The van der Waals surface area contributed by atoms with E-state index in [1.165, 1.54) is 0 Å². The number of nitrogens with zero attached hydrogens (tertiary/aromatic N) is 2. The fraction of sp³-hybridized carbons (Fsp3) is 0.500.